The molecule has 0 aliphatic heterocycles. The highest BCUT2D eigenvalue weighted by molar-refractivity contribution is 7.20. The van der Waals surface area contributed by atoms with Crippen molar-refractivity contribution >= 4 is 45.0 Å². The first kappa shape index (κ1) is 20.2. The molecule has 2 aromatic rings. The van der Waals surface area contributed by atoms with Gasteiger partial charge in [-0.3, -0.25) is 0 Å². The zero-order valence-corrected chi connectivity index (χ0v) is 16.9. The molecule has 0 fully saturated rings. The highest BCUT2D eigenvalue weighted by Gasteiger charge is 2.16. The molecule has 2 rings (SSSR count). The number of hydrogen-bond donors (Lipinski definition) is 5. The van der Waals surface area contributed by atoms with Crippen LogP contribution < -0.4 is 16.4 Å². The van der Waals surface area contributed by atoms with Crippen LogP contribution in [0.15, 0.2) is 18.2 Å². The molecule has 0 spiro atoms. The van der Waals surface area contributed by atoms with Gasteiger partial charge < -0.3 is 26.9 Å². The van der Waals surface area contributed by atoms with Gasteiger partial charge in [-0.2, -0.15) is 0 Å². The highest BCUT2D eigenvalue weighted by Crippen LogP contribution is 2.35. The van der Waals surface area contributed by atoms with E-state index < -0.39 is 5.60 Å². The molecule has 0 aliphatic rings. The number of rotatable bonds is 7. The number of aromatic nitrogens is 1. The van der Waals surface area contributed by atoms with Gasteiger partial charge in [-0.05, 0) is 53.2 Å². The fraction of sp³-hybridized carbons (Fsp3) is 0.474. The van der Waals surface area contributed by atoms with E-state index in [4.69, 9.17) is 16.1 Å². The summed E-state index contributed by atoms with van der Waals surface area (Å²) in [6.45, 7) is 10.5. The Bertz CT molecular complexity index is 812. The smallest absolute Gasteiger partial charge is 0.129 e. The Hall–Kier alpha value is -2.12. The van der Waals surface area contributed by atoms with Gasteiger partial charge in [0.1, 0.15) is 5.82 Å². The van der Waals surface area contributed by atoms with Crippen LogP contribution in [-0.4, -0.2) is 34.0 Å². The molecular weight excluding hydrogens is 346 g/mol. The Labute approximate surface area is 159 Å². The molecule has 6 N–H and O–H groups in total. The van der Waals surface area contributed by atoms with E-state index in [0.29, 0.717) is 18.7 Å². The van der Waals surface area contributed by atoms with Crippen LogP contribution in [-0.2, 0) is 0 Å². The first-order valence-corrected chi connectivity index (χ1v) is 9.46. The van der Waals surface area contributed by atoms with Crippen molar-refractivity contribution in [1.29, 1.82) is 5.41 Å². The number of nitrogens with one attached hydrogen (secondary N) is 3. The van der Waals surface area contributed by atoms with Crippen LogP contribution in [0.3, 0.4) is 0 Å². The van der Waals surface area contributed by atoms with Crippen molar-refractivity contribution in [3.8, 4) is 0 Å². The summed E-state index contributed by atoms with van der Waals surface area (Å²) in [6, 6.07) is 3.94. The van der Waals surface area contributed by atoms with Crippen molar-refractivity contribution in [2.24, 2.45) is 5.73 Å². The fourth-order valence-electron chi connectivity index (χ4n) is 2.42. The second-order valence-corrected chi connectivity index (χ2v) is 9.09. The lowest BCUT2D eigenvalue weighted by atomic mass is 10.1. The SMILES string of the molecule is CC(C)(O)CCNc1cc(NC(C)(C)C)nc2cc(/C(N)=C/C=N)sc12. The number of allylic oxidation sites excluding steroid dienone is 1. The normalized spacial score (nSPS) is 13.1. The van der Waals surface area contributed by atoms with E-state index in [2.05, 4.69) is 31.4 Å². The zero-order chi connectivity index (χ0) is 19.5. The molecule has 0 saturated carbocycles. The maximum Gasteiger partial charge on any atom is 0.129 e. The largest absolute Gasteiger partial charge is 0.398 e. The predicted molar refractivity (Wildman–Crippen MR) is 113 cm³/mol. The van der Waals surface area contributed by atoms with E-state index >= 15 is 0 Å². The van der Waals surface area contributed by atoms with Crippen molar-refractivity contribution in [2.45, 2.75) is 52.2 Å². The minimum absolute atomic E-state index is 0.108. The first-order valence-electron chi connectivity index (χ1n) is 8.64. The fourth-order valence-corrected chi connectivity index (χ4v) is 3.45. The molecule has 6 nitrogen and oxygen atoms in total. The summed E-state index contributed by atoms with van der Waals surface area (Å²) >= 11 is 1.54. The summed E-state index contributed by atoms with van der Waals surface area (Å²) in [5, 5.41) is 24.0. The number of nitrogens with zero attached hydrogens (tertiary/aromatic N) is 1. The standard InChI is InChI=1S/C19H29N5OS/c1-18(2,3)24-16-11-13(22-9-7-19(4,5)25)17-14(23-16)10-15(26-17)12(21)6-8-20/h6,8,10-11,20,25H,7,9,21H2,1-5H3,(H2,22,23,24)/b12-6-,20-8?. The predicted octanol–water partition coefficient (Wildman–Crippen LogP) is 4.03. The lowest BCUT2D eigenvalue weighted by Gasteiger charge is -2.22. The monoisotopic (exact) mass is 375 g/mol. The van der Waals surface area contributed by atoms with Crippen LogP contribution in [0, 0.1) is 5.41 Å². The van der Waals surface area contributed by atoms with Gasteiger partial charge in [-0.1, -0.05) is 0 Å². The second kappa shape index (κ2) is 7.63. The van der Waals surface area contributed by atoms with Gasteiger partial charge in [-0.15, -0.1) is 11.3 Å². The summed E-state index contributed by atoms with van der Waals surface area (Å²) in [5.74, 6) is 0.787. The number of aliphatic hydroxyl groups is 1. The van der Waals surface area contributed by atoms with E-state index in [-0.39, 0.29) is 5.54 Å². The van der Waals surface area contributed by atoms with Gasteiger partial charge in [0.05, 0.1) is 32.1 Å². The van der Waals surface area contributed by atoms with E-state index in [1.165, 1.54) is 6.21 Å². The summed E-state index contributed by atoms with van der Waals surface area (Å²) in [5.41, 5.74) is 7.58. The number of anilines is 2. The summed E-state index contributed by atoms with van der Waals surface area (Å²) in [6.07, 6.45) is 3.38. The first-order chi connectivity index (χ1) is 12.0. The Balaban J connectivity index is 2.43. The molecule has 0 aliphatic carbocycles. The maximum atomic E-state index is 9.95. The topological polar surface area (TPSA) is 107 Å². The third-order valence-electron chi connectivity index (χ3n) is 3.58. The van der Waals surface area contributed by atoms with Gasteiger partial charge in [-0.25, -0.2) is 4.98 Å². The summed E-state index contributed by atoms with van der Waals surface area (Å²) < 4.78 is 1.01. The molecule has 2 heterocycles. The molecule has 26 heavy (non-hydrogen) atoms. The lowest BCUT2D eigenvalue weighted by Crippen LogP contribution is -2.26. The van der Waals surface area contributed by atoms with Gasteiger partial charge >= 0.3 is 0 Å². The number of pyridine rings is 1. The third-order valence-corrected chi connectivity index (χ3v) is 4.79. The van der Waals surface area contributed by atoms with E-state index in [1.54, 1.807) is 31.3 Å². The molecule has 0 amide bonds. The minimum atomic E-state index is -0.719. The molecule has 0 saturated heterocycles. The molecular formula is C19H29N5OS. The van der Waals surface area contributed by atoms with Crippen molar-refractivity contribution < 1.29 is 5.11 Å². The van der Waals surface area contributed by atoms with Crippen molar-refractivity contribution in [1.82, 2.24) is 4.98 Å². The van der Waals surface area contributed by atoms with Crippen LogP contribution >= 0.6 is 11.3 Å². The molecule has 7 heteroatoms. The quantitative estimate of drug-likeness (QED) is 0.470. The number of nitrogens with two attached hydrogens (primary N) is 1. The van der Waals surface area contributed by atoms with Crippen molar-refractivity contribution in [3.63, 3.8) is 0 Å². The number of fused-ring (bicyclic) bond motifs is 1. The minimum Gasteiger partial charge on any atom is -0.398 e. The summed E-state index contributed by atoms with van der Waals surface area (Å²) in [4.78, 5) is 5.60. The van der Waals surface area contributed by atoms with Crippen LogP contribution in [0.1, 0.15) is 45.9 Å². The average Bonchev–Trinajstić information content (AvgIpc) is 2.88. The van der Waals surface area contributed by atoms with Gasteiger partial charge in [0.15, 0.2) is 0 Å². The molecule has 0 radical (unpaired) electrons. The molecule has 0 bridgehead atoms. The molecule has 0 unspecified atom stereocenters. The van der Waals surface area contributed by atoms with Crippen LogP contribution in [0.2, 0.25) is 0 Å². The van der Waals surface area contributed by atoms with E-state index in [1.807, 2.05) is 12.1 Å². The number of thiophene rings is 1. The Morgan fingerprint density at radius 1 is 1.31 bits per heavy atom. The van der Waals surface area contributed by atoms with Crippen LogP contribution in [0.4, 0.5) is 11.5 Å². The van der Waals surface area contributed by atoms with E-state index in [9.17, 15) is 5.11 Å². The molecule has 2 aromatic heterocycles. The van der Waals surface area contributed by atoms with E-state index in [0.717, 1.165) is 26.6 Å². The molecule has 0 atom stereocenters. The van der Waals surface area contributed by atoms with Crippen molar-refractivity contribution in [2.75, 3.05) is 17.2 Å². The summed E-state index contributed by atoms with van der Waals surface area (Å²) in [7, 11) is 0. The zero-order valence-electron chi connectivity index (χ0n) is 16.1. The highest BCUT2D eigenvalue weighted by atomic mass is 32.1. The Kier molecular flexibility index (Phi) is 5.93. The molecule has 142 valence electrons. The van der Waals surface area contributed by atoms with Crippen LogP contribution in [0.25, 0.3) is 15.9 Å². The van der Waals surface area contributed by atoms with Crippen molar-refractivity contribution in [3.05, 3.63) is 23.1 Å². The second-order valence-electron chi connectivity index (χ2n) is 8.03. The third kappa shape index (κ3) is 5.71. The average molecular weight is 376 g/mol. The molecule has 0 aromatic carbocycles. The Morgan fingerprint density at radius 3 is 2.58 bits per heavy atom. The van der Waals surface area contributed by atoms with Gasteiger partial charge in [0.2, 0.25) is 0 Å². The maximum absolute atomic E-state index is 9.95. The van der Waals surface area contributed by atoms with Crippen LogP contribution in [0.5, 0.6) is 0 Å². The number of hydrogen-bond acceptors (Lipinski definition) is 7. The van der Waals surface area contributed by atoms with Gasteiger partial charge in [0.25, 0.3) is 0 Å². The lowest BCUT2D eigenvalue weighted by molar-refractivity contribution is 0.0749. The van der Waals surface area contributed by atoms with Gasteiger partial charge in [0, 0.05) is 24.4 Å². The Morgan fingerprint density at radius 2 is 2.00 bits per heavy atom.